The Morgan fingerprint density at radius 3 is 2.44 bits per heavy atom. The number of hydrogen-bond acceptors (Lipinski definition) is 4. The van der Waals surface area contributed by atoms with E-state index < -0.39 is 12.3 Å². The molecule has 0 saturated carbocycles. The second-order valence-corrected chi connectivity index (χ2v) is 3.44. The SMILES string of the molecule is Cc1nc(Cl)nc(OC(C)C(F)(F)F)c1N. The van der Waals surface area contributed by atoms with E-state index in [-0.39, 0.29) is 22.5 Å². The summed E-state index contributed by atoms with van der Waals surface area (Å²) in [4.78, 5) is 7.17. The van der Waals surface area contributed by atoms with E-state index >= 15 is 0 Å². The number of halogens is 4. The van der Waals surface area contributed by atoms with Crippen molar-refractivity contribution in [1.82, 2.24) is 9.97 Å². The van der Waals surface area contributed by atoms with Gasteiger partial charge in [-0.2, -0.15) is 18.2 Å². The molecule has 2 N–H and O–H groups in total. The summed E-state index contributed by atoms with van der Waals surface area (Å²) in [6, 6.07) is 0. The molecule has 4 nitrogen and oxygen atoms in total. The smallest absolute Gasteiger partial charge is 0.425 e. The number of aryl methyl sites for hydroxylation is 1. The van der Waals surface area contributed by atoms with Crippen LogP contribution in [-0.4, -0.2) is 22.2 Å². The average molecular weight is 256 g/mol. The molecule has 90 valence electrons. The molecule has 16 heavy (non-hydrogen) atoms. The minimum atomic E-state index is -4.49. The summed E-state index contributed by atoms with van der Waals surface area (Å²) in [5, 5.41) is -0.212. The van der Waals surface area contributed by atoms with Gasteiger partial charge in [-0.1, -0.05) is 0 Å². The van der Waals surface area contributed by atoms with Crippen molar-refractivity contribution in [2.24, 2.45) is 0 Å². The fourth-order valence-corrected chi connectivity index (χ4v) is 1.05. The summed E-state index contributed by atoms with van der Waals surface area (Å²) in [5.74, 6) is -0.359. The van der Waals surface area contributed by atoms with E-state index in [1.54, 1.807) is 0 Å². The van der Waals surface area contributed by atoms with Crippen molar-refractivity contribution in [2.75, 3.05) is 5.73 Å². The quantitative estimate of drug-likeness (QED) is 0.824. The van der Waals surface area contributed by atoms with E-state index in [0.717, 1.165) is 6.92 Å². The number of hydrogen-bond donors (Lipinski definition) is 1. The van der Waals surface area contributed by atoms with Crippen LogP contribution in [0.3, 0.4) is 0 Å². The van der Waals surface area contributed by atoms with Crippen LogP contribution in [-0.2, 0) is 0 Å². The van der Waals surface area contributed by atoms with Gasteiger partial charge in [0.1, 0.15) is 5.69 Å². The van der Waals surface area contributed by atoms with Gasteiger partial charge in [-0.25, -0.2) is 4.98 Å². The predicted molar refractivity (Wildman–Crippen MR) is 52.3 cm³/mol. The number of aromatic nitrogens is 2. The van der Waals surface area contributed by atoms with Crippen LogP contribution >= 0.6 is 11.6 Å². The van der Waals surface area contributed by atoms with Gasteiger partial charge in [-0.3, -0.25) is 0 Å². The van der Waals surface area contributed by atoms with Gasteiger partial charge in [0.2, 0.25) is 11.2 Å². The first-order chi connectivity index (χ1) is 7.21. The van der Waals surface area contributed by atoms with Gasteiger partial charge >= 0.3 is 6.18 Å². The molecule has 0 spiro atoms. The Labute approximate surface area is 94.6 Å². The Hall–Kier alpha value is -1.24. The van der Waals surface area contributed by atoms with Gasteiger partial charge < -0.3 is 10.5 Å². The Morgan fingerprint density at radius 2 is 1.94 bits per heavy atom. The van der Waals surface area contributed by atoms with Crippen LogP contribution in [0.5, 0.6) is 5.88 Å². The second-order valence-electron chi connectivity index (χ2n) is 3.10. The normalized spacial score (nSPS) is 13.6. The summed E-state index contributed by atoms with van der Waals surface area (Å²) >= 11 is 5.48. The summed E-state index contributed by atoms with van der Waals surface area (Å²) in [6.07, 6.45) is -6.50. The van der Waals surface area contributed by atoms with E-state index in [1.807, 2.05) is 0 Å². The van der Waals surface area contributed by atoms with Crippen LogP contribution in [0.2, 0.25) is 5.28 Å². The van der Waals surface area contributed by atoms with Gasteiger partial charge in [0, 0.05) is 0 Å². The van der Waals surface area contributed by atoms with Gasteiger partial charge in [0.05, 0.1) is 5.69 Å². The first-order valence-corrected chi connectivity index (χ1v) is 4.62. The molecule has 0 bridgehead atoms. The summed E-state index contributed by atoms with van der Waals surface area (Å²) in [7, 11) is 0. The highest BCUT2D eigenvalue weighted by atomic mass is 35.5. The van der Waals surface area contributed by atoms with Crippen LogP contribution in [0.4, 0.5) is 18.9 Å². The number of nitrogens with zero attached hydrogens (tertiary/aromatic N) is 2. The fraction of sp³-hybridized carbons (Fsp3) is 0.500. The highest BCUT2D eigenvalue weighted by Gasteiger charge is 2.38. The van der Waals surface area contributed by atoms with Crippen molar-refractivity contribution in [3.8, 4) is 5.88 Å². The largest absolute Gasteiger partial charge is 0.463 e. The van der Waals surface area contributed by atoms with Gasteiger partial charge in [-0.15, -0.1) is 0 Å². The zero-order valence-corrected chi connectivity index (χ0v) is 9.23. The van der Waals surface area contributed by atoms with Crippen molar-refractivity contribution < 1.29 is 17.9 Å². The Morgan fingerprint density at radius 1 is 1.38 bits per heavy atom. The van der Waals surface area contributed by atoms with Crippen LogP contribution in [0, 0.1) is 6.92 Å². The minimum absolute atomic E-state index is 0.0551. The lowest BCUT2D eigenvalue weighted by atomic mass is 10.3. The summed E-state index contributed by atoms with van der Waals surface area (Å²) in [6.45, 7) is 2.35. The third-order valence-electron chi connectivity index (χ3n) is 1.82. The third kappa shape index (κ3) is 2.88. The molecule has 1 aromatic heterocycles. The average Bonchev–Trinajstić information content (AvgIpc) is 2.11. The maximum absolute atomic E-state index is 12.2. The van der Waals surface area contributed by atoms with Crippen molar-refractivity contribution in [1.29, 1.82) is 0 Å². The molecular formula is C8H9ClF3N3O. The molecule has 1 unspecified atom stereocenters. The zero-order valence-electron chi connectivity index (χ0n) is 8.47. The summed E-state index contributed by atoms with van der Waals surface area (Å²) in [5.41, 5.74) is 5.68. The molecule has 0 aromatic carbocycles. The lowest BCUT2D eigenvalue weighted by Gasteiger charge is -2.18. The molecule has 1 atom stereocenters. The maximum atomic E-state index is 12.2. The molecule has 0 fully saturated rings. The second kappa shape index (κ2) is 4.32. The molecule has 0 aliphatic carbocycles. The number of ether oxygens (including phenoxy) is 1. The molecule has 1 heterocycles. The maximum Gasteiger partial charge on any atom is 0.425 e. The van der Waals surface area contributed by atoms with Crippen LogP contribution < -0.4 is 10.5 Å². The molecule has 0 aliphatic rings. The van der Waals surface area contributed by atoms with Crippen LogP contribution in [0.25, 0.3) is 0 Å². The molecular weight excluding hydrogens is 247 g/mol. The number of anilines is 1. The van der Waals surface area contributed by atoms with Crippen molar-refractivity contribution in [3.63, 3.8) is 0 Å². The van der Waals surface area contributed by atoms with Gasteiger partial charge in [0.25, 0.3) is 0 Å². The Kier molecular flexibility index (Phi) is 3.47. The van der Waals surface area contributed by atoms with Crippen molar-refractivity contribution in [3.05, 3.63) is 11.0 Å². The van der Waals surface area contributed by atoms with E-state index in [0.29, 0.717) is 0 Å². The molecule has 0 amide bonds. The zero-order chi connectivity index (χ0) is 12.5. The van der Waals surface area contributed by atoms with E-state index in [2.05, 4.69) is 14.7 Å². The van der Waals surface area contributed by atoms with E-state index in [9.17, 15) is 13.2 Å². The Balaban J connectivity index is 2.98. The molecule has 8 heteroatoms. The van der Waals surface area contributed by atoms with Crippen molar-refractivity contribution >= 4 is 17.3 Å². The lowest BCUT2D eigenvalue weighted by Crippen LogP contribution is -2.31. The number of nitrogens with two attached hydrogens (primary N) is 1. The lowest BCUT2D eigenvalue weighted by molar-refractivity contribution is -0.189. The Bertz CT molecular complexity index is 397. The monoisotopic (exact) mass is 255 g/mol. The topological polar surface area (TPSA) is 61.0 Å². The predicted octanol–water partition coefficient (Wildman–Crippen LogP) is 2.35. The highest BCUT2D eigenvalue weighted by Crippen LogP contribution is 2.28. The number of rotatable bonds is 2. The fourth-order valence-electron chi connectivity index (χ4n) is 0.846. The van der Waals surface area contributed by atoms with Crippen LogP contribution in [0.15, 0.2) is 0 Å². The standard InChI is InChI=1S/C8H9ClF3N3O/c1-3-5(13)6(15-7(9)14-3)16-4(2)8(10,11)12/h4H,13H2,1-2H3. The van der Waals surface area contributed by atoms with Gasteiger partial charge in [0.15, 0.2) is 6.10 Å². The molecule has 1 rings (SSSR count). The number of alkyl halides is 3. The molecule has 0 aliphatic heterocycles. The molecule has 1 aromatic rings. The molecule has 0 saturated heterocycles. The van der Waals surface area contributed by atoms with Crippen molar-refractivity contribution in [2.45, 2.75) is 26.1 Å². The third-order valence-corrected chi connectivity index (χ3v) is 1.99. The van der Waals surface area contributed by atoms with Crippen LogP contribution in [0.1, 0.15) is 12.6 Å². The first-order valence-electron chi connectivity index (χ1n) is 4.24. The summed E-state index contributed by atoms with van der Waals surface area (Å²) < 4.78 is 41.3. The van der Waals surface area contributed by atoms with E-state index in [1.165, 1.54) is 6.92 Å². The van der Waals surface area contributed by atoms with E-state index in [4.69, 9.17) is 17.3 Å². The minimum Gasteiger partial charge on any atom is -0.463 e. The highest BCUT2D eigenvalue weighted by molar-refractivity contribution is 6.28. The first kappa shape index (κ1) is 12.8. The molecule has 0 radical (unpaired) electrons. The number of nitrogen functional groups attached to an aromatic ring is 1. The van der Waals surface area contributed by atoms with Gasteiger partial charge in [-0.05, 0) is 25.4 Å².